The minimum absolute atomic E-state index is 0.169. The molecule has 1 nitrogen and oxygen atoms in total. The number of halogens is 7. The first kappa shape index (κ1) is 17.4. The lowest BCUT2D eigenvalue weighted by Gasteiger charge is -2.25. The Balaban J connectivity index is 2.50. The highest BCUT2D eigenvalue weighted by atomic mass is 19.2. The van der Waals surface area contributed by atoms with Gasteiger partial charge in [0.05, 0.1) is 7.11 Å². The van der Waals surface area contributed by atoms with Crippen molar-refractivity contribution < 1.29 is 35.5 Å². The molecule has 23 heavy (non-hydrogen) atoms. The number of alkyl halides is 1. The van der Waals surface area contributed by atoms with Crippen LogP contribution in [0, 0.1) is 17.5 Å². The van der Waals surface area contributed by atoms with Crippen molar-refractivity contribution in [3.63, 3.8) is 0 Å². The summed E-state index contributed by atoms with van der Waals surface area (Å²) < 4.78 is 100. The Labute approximate surface area is 127 Å². The molecule has 0 heterocycles. The molecule has 0 saturated carbocycles. The summed E-state index contributed by atoms with van der Waals surface area (Å²) in [4.78, 5) is 0. The average molecular weight is 338 g/mol. The van der Waals surface area contributed by atoms with Crippen molar-refractivity contribution in [2.24, 2.45) is 0 Å². The van der Waals surface area contributed by atoms with E-state index in [2.05, 4.69) is 4.74 Å². The Morgan fingerprint density at radius 3 is 2.26 bits per heavy atom. The molecule has 1 aromatic rings. The van der Waals surface area contributed by atoms with Gasteiger partial charge in [0, 0.05) is 11.9 Å². The predicted molar refractivity (Wildman–Crippen MR) is 71.3 cm³/mol. The van der Waals surface area contributed by atoms with E-state index in [-0.39, 0.29) is 6.08 Å². The monoisotopic (exact) mass is 338 g/mol. The first-order valence-electron chi connectivity index (χ1n) is 6.43. The van der Waals surface area contributed by atoms with Gasteiger partial charge in [-0.25, -0.2) is 30.7 Å². The average Bonchev–Trinajstić information content (AvgIpc) is 2.47. The van der Waals surface area contributed by atoms with E-state index in [0.29, 0.717) is 13.0 Å². The van der Waals surface area contributed by atoms with Crippen LogP contribution in [0.25, 0.3) is 0 Å². The summed E-state index contributed by atoms with van der Waals surface area (Å²) in [6.45, 7) is 0.587. The van der Waals surface area contributed by atoms with E-state index in [1.165, 1.54) is 0 Å². The fourth-order valence-electron chi connectivity index (χ4n) is 2.28. The molecule has 0 aliphatic heterocycles. The van der Waals surface area contributed by atoms with Gasteiger partial charge >= 0.3 is 0 Å². The topological polar surface area (TPSA) is 9.23 Å². The lowest BCUT2D eigenvalue weighted by atomic mass is 9.56. The summed E-state index contributed by atoms with van der Waals surface area (Å²) in [5, 5.41) is 0. The summed E-state index contributed by atoms with van der Waals surface area (Å²) in [6, 6.07) is 0.423. The predicted octanol–water partition coefficient (Wildman–Crippen LogP) is 3.71. The zero-order chi connectivity index (χ0) is 17.5. The molecule has 1 aliphatic carbocycles. The van der Waals surface area contributed by atoms with Crippen LogP contribution in [-0.2, 0) is 0 Å². The van der Waals surface area contributed by atoms with Crippen LogP contribution >= 0.6 is 0 Å². The number of hydrogen-bond donors (Lipinski definition) is 0. The van der Waals surface area contributed by atoms with Gasteiger partial charge in [-0.3, -0.25) is 0 Å². The molecule has 0 radical (unpaired) electrons. The fraction of sp³-hybridized carbons (Fsp3) is 0.286. The van der Waals surface area contributed by atoms with E-state index >= 15 is 0 Å². The van der Waals surface area contributed by atoms with Gasteiger partial charge in [0.1, 0.15) is 11.7 Å². The SMILES string of the molecule is COc1cc(F)c(F)c(BC2C(F)=CC(C)(F)C(F)=C2F)c1F. The second-order valence-electron chi connectivity index (χ2n) is 5.19. The Bertz CT molecular complexity index is 712. The quantitative estimate of drug-likeness (QED) is 0.464. The molecule has 0 bridgehead atoms. The van der Waals surface area contributed by atoms with Crippen LogP contribution in [0.5, 0.6) is 5.75 Å². The maximum absolute atomic E-state index is 14.0. The highest BCUT2D eigenvalue weighted by Crippen LogP contribution is 2.43. The van der Waals surface area contributed by atoms with Gasteiger partial charge in [0.15, 0.2) is 42.0 Å². The molecule has 1 aliphatic rings. The smallest absolute Gasteiger partial charge is 0.185 e. The maximum atomic E-state index is 14.0. The van der Waals surface area contributed by atoms with E-state index in [4.69, 9.17) is 0 Å². The van der Waals surface area contributed by atoms with Crippen molar-refractivity contribution >= 4 is 12.7 Å². The van der Waals surface area contributed by atoms with Crippen molar-refractivity contribution in [1.29, 1.82) is 0 Å². The molecule has 0 fully saturated rings. The molecular formula is C14H10BF7O. The molecule has 0 N–H and O–H groups in total. The minimum Gasteiger partial charge on any atom is -0.494 e. The summed E-state index contributed by atoms with van der Waals surface area (Å²) in [5.41, 5.74) is -4.03. The Kier molecular flexibility index (Phi) is 4.50. The normalized spacial score (nSPS) is 24.6. The summed E-state index contributed by atoms with van der Waals surface area (Å²) in [6.07, 6.45) is 0.169. The van der Waals surface area contributed by atoms with Crippen molar-refractivity contribution in [2.45, 2.75) is 18.4 Å². The highest BCUT2D eigenvalue weighted by molar-refractivity contribution is 6.56. The Morgan fingerprint density at radius 1 is 1.09 bits per heavy atom. The van der Waals surface area contributed by atoms with Crippen LogP contribution in [0.2, 0.25) is 5.82 Å². The Hall–Kier alpha value is -1.93. The van der Waals surface area contributed by atoms with Crippen molar-refractivity contribution in [1.82, 2.24) is 0 Å². The molecule has 0 saturated heterocycles. The summed E-state index contributed by atoms with van der Waals surface area (Å²) in [7, 11) is -0.0984. The lowest BCUT2D eigenvalue weighted by molar-refractivity contribution is 0.233. The first-order chi connectivity index (χ1) is 10.6. The van der Waals surface area contributed by atoms with E-state index in [9.17, 15) is 30.7 Å². The molecule has 2 unspecified atom stereocenters. The molecule has 2 atom stereocenters. The number of allylic oxidation sites excluding steroid dienone is 4. The van der Waals surface area contributed by atoms with Gasteiger partial charge in [0.2, 0.25) is 0 Å². The largest absolute Gasteiger partial charge is 0.494 e. The van der Waals surface area contributed by atoms with Crippen LogP contribution in [0.4, 0.5) is 30.7 Å². The van der Waals surface area contributed by atoms with Gasteiger partial charge in [-0.2, -0.15) is 0 Å². The molecule has 9 heteroatoms. The van der Waals surface area contributed by atoms with E-state index in [0.717, 1.165) is 7.11 Å². The first-order valence-corrected chi connectivity index (χ1v) is 6.43. The number of hydrogen-bond acceptors (Lipinski definition) is 1. The van der Waals surface area contributed by atoms with E-state index < -0.39 is 64.9 Å². The third-order valence-electron chi connectivity index (χ3n) is 3.53. The van der Waals surface area contributed by atoms with Crippen LogP contribution in [0.3, 0.4) is 0 Å². The second kappa shape index (κ2) is 5.94. The second-order valence-corrected chi connectivity index (χ2v) is 5.19. The molecule has 124 valence electrons. The zero-order valence-corrected chi connectivity index (χ0v) is 12.0. The molecule has 0 aromatic heterocycles. The van der Waals surface area contributed by atoms with Crippen LogP contribution in [-0.4, -0.2) is 20.1 Å². The highest BCUT2D eigenvalue weighted by Gasteiger charge is 2.42. The minimum atomic E-state index is -3.00. The standard InChI is InChI=1S/C14H10BF7O/c1-14(22)4-6(17)8(12(20)13(14)21)15-9-10(18)5(16)3-7(23-2)11(9)19/h3-4,8,15H,1-2H3. The zero-order valence-electron chi connectivity index (χ0n) is 12.0. The van der Waals surface area contributed by atoms with Crippen molar-refractivity contribution in [2.75, 3.05) is 7.11 Å². The number of ether oxygens (including phenoxy) is 1. The fourth-order valence-corrected chi connectivity index (χ4v) is 2.28. The maximum Gasteiger partial charge on any atom is 0.185 e. The number of rotatable bonds is 3. The molecule has 0 spiro atoms. The van der Waals surface area contributed by atoms with Gasteiger partial charge in [-0.1, -0.05) is 0 Å². The van der Waals surface area contributed by atoms with Gasteiger partial charge < -0.3 is 4.74 Å². The number of methoxy groups -OCH3 is 1. The third kappa shape index (κ3) is 2.96. The number of benzene rings is 1. The molecule has 1 aromatic carbocycles. The lowest BCUT2D eigenvalue weighted by Crippen LogP contribution is -2.32. The molecule has 2 rings (SSSR count). The van der Waals surface area contributed by atoms with Crippen LogP contribution < -0.4 is 10.2 Å². The summed E-state index contributed by atoms with van der Waals surface area (Å²) >= 11 is 0. The van der Waals surface area contributed by atoms with Crippen molar-refractivity contribution in [3.05, 3.63) is 47.1 Å². The van der Waals surface area contributed by atoms with E-state index in [1.807, 2.05) is 0 Å². The van der Waals surface area contributed by atoms with Gasteiger partial charge in [-0.05, 0) is 18.5 Å². The van der Waals surface area contributed by atoms with Crippen LogP contribution in [0.15, 0.2) is 29.6 Å². The molecule has 0 amide bonds. The van der Waals surface area contributed by atoms with Gasteiger partial charge in [-0.15, -0.1) is 0 Å². The Morgan fingerprint density at radius 2 is 1.70 bits per heavy atom. The third-order valence-corrected chi connectivity index (χ3v) is 3.53. The molecular weight excluding hydrogens is 328 g/mol. The van der Waals surface area contributed by atoms with Crippen LogP contribution in [0.1, 0.15) is 6.92 Å². The van der Waals surface area contributed by atoms with Gasteiger partial charge in [0.25, 0.3) is 0 Å². The van der Waals surface area contributed by atoms with E-state index in [1.54, 1.807) is 0 Å². The van der Waals surface area contributed by atoms with Crippen molar-refractivity contribution in [3.8, 4) is 5.75 Å². The summed E-state index contributed by atoms with van der Waals surface area (Å²) in [5.74, 6) is -12.5.